The fourth-order valence-corrected chi connectivity index (χ4v) is 1.46. The highest BCUT2D eigenvalue weighted by atomic mass is 16.3. The number of nitriles is 1. The monoisotopic (exact) mass is 259 g/mol. The zero-order chi connectivity index (χ0) is 14.6. The molecule has 0 saturated heterocycles. The molecule has 19 heavy (non-hydrogen) atoms. The third-order valence-electron chi connectivity index (χ3n) is 2.42. The molecular weight excluding hydrogens is 246 g/mol. The lowest BCUT2D eigenvalue weighted by Gasteiger charge is -2.11. The van der Waals surface area contributed by atoms with Crippen molar-refractivity contribution < 1.29 is 14.7 Å². The molecule has 2 amide bonds. The first-order chi connectivity index (χ1) is 8.90. The van der Waals surface area contributed by atoms with Crippen LogP contribution in [0.15, 0.2) is 29.8 Å². The van der Waals surface area contributed by atoms with Gasteiger partial charge in [-0.25, -0.2) is 0 Å². The summed E-state index contributed by atoms with van der Waals surface area (Å²) in [5.74, 6) is -1.97. The summed E-state index contributed by atoms with van der Waals surface area (Å²) in [5, 5.41) is 19.0. The van der Waals surface area contributed by atoms with Crippen molar-refractivity contribution in [2.75, 3.05) is 14.1 Å². The Hall–Kier alpha value is -2.81. The number of amides is 2. The zero-order valence-corrected chi connectivity index (χ0v) is 10.5. The van der Waals surface area contributed by atoms with Crippen molar-refractivity contribution in [3.63, 3.8) is 0 Å². The molecule has 3 N–H and O–H groups in total. The van der Waals surface area contributed by atoms with E-state index in [0.717, 1.165) is 4.90 Å². The van der Waals surface area contributed by atoms with Gasteiger partial charge in [0.25, 0.3) is 5.91 Å². The maximum Gasteiger partial charge on any atom is 0.267 e. The van der Waals surface area contributed by atoms with Crippen LogP contribution >= 0.6 is 0 Å². The summed E-state index contributed by atoms with van der Waals surface area (Å²) < 4.78 is 0. The molecule has 0 heterocycles. The van der Waals surface area contributed by atoms with E-state index in [9.17, 15) is 14.7 Å². The molecule has 1 rings (SSSR count). The average molecular weight is 259 g/mol. The number of hydrogen-bond acceptors (Lipinski definition) is 4. The van der Waals surface area contributed by atoms with Crippen molar-refractivity contribution in [2.24, 2.45) is 5.73 Å². The first-order valence-electron chi connectivity index (χ1n) is 5.34. The molecule has 0 saturated carbocycles. The summed E-state index contributed by atoms with van der Waals surface area (Å²) in [6, 6.07) is 7.58. The SMILES string of the molecule is CN(C)C(=O)/C(C#N)=C(\O)c1ccccc1C(N)=O. The van der Waals surface area contributed by atoms with Gasteiger partial charge in [0.1, 0.15) is 11.8 Å². The minimum absolute atomic E-state index is 0.0410. The van der Waals surface area contributed by atoms with Crippen LogP contribution in [0.25, 0.3) is 5.76 Å². The molecule has 6 heteroatoms. The first kappa shape index (κ1) is 14.3. The molecule has 0 aliphatic rings. The topological polar surface area (TPSA) is 107 Å². The molecule has 1 aromatic rings. The Morgan fingerprint density at radius 2 is 1.79 bits per heavy atom. The molecule has 98 valence electrons. The van der Waals surface area contributed by atoms with E-state index in [0.29, 0.717) is 0 Å². The van der Waals surface area contributed by atoms with Gasteiger partial charge in [-0.3, -0.25) is 9.59 Å². The number of hydrogen-bond donors (Lipinski definition) is 2. The number of rotatable bonds is 3. The van der Waals surface area contributed by atoms with Gasteiger partial charge in [-0.1, -0.05) is 18.2 Å². The summed E-state index contributed by atoms with van der Waals surface area (Å²) in [6.07, 6.45) is 0. The highest BCUT2D eigenvalue weighted by molar-refractivity contribution is 6.06. The molecule has 1 aromatic carbocycles. The second-order valence-corrected chi connectivity index (χ2v) is 3.94. The lowest BCUT2D eigenvalue weighted by Crippen LogP contribution is -2.24. The van der Waals surface area contributed by atoms with E-state index in [2.05, 4.69) is 0 Å². The van der Waals surface area contributed by atoms with Gasteiger partial charge in [-0.05, 0) is 6.07 Å². The van der Waals surface area contributed by atoms with Crippen LogP contribution in [0.3, 0.4) is 0 Å². The van der Waals surface area contributed by atoms with Gasteiger partial charge in [0, 0.05) is 19.7 Å². The van der Waals surface area contributed by atoms with Crippen LogP contribution in [0.4, 0.5) is 0 Å². The van der Waals surface area contributed by atoms with Gasteiger partial charge in [0.2, 0.25) is 5.91 Å². The van der Waals surface area contributed by atoms with Crippen molar-refractivity contribution in [1.82, 2.24) is 4.90 Å². The summed E-state index contributed by atoms with van der Waals surface area (Å²) in [6.45, 7) is 0. The van der Waals surface area contributed by atoms with Crippen LogP contribution in [-0.2, 0) is 4.79 Å². The van der Waals surface area contributed by atoms with Crippen LogP contribution in [0.2, 0.25) is 0 Å². The minimum Gasteiger partial charge on any atom is -0.506 e. The molecule has 0 atom stereocenters. The maximum absolute atomic E-state index is 11.7. The molecule has 0 fully saturated rings. The van der Waals surface area contributed by atoms with E-state index in [1.54, 1.807) is 18.2 Å². The van der Waals surface area contributed by atoms with Gasteiger partial charge in [-0.2, -0.15) is 5.26 Å². The molecule has 0 aliphatic carbocycles. The Morgan fingerprint density at radius 1 is 1.26 bits per heavy atom. The minimum atomic E-state index is -0.753. The van der Waals surface area contributed by atoms with Crippen LogP contribution < -0.4 is 5.73 Å². The number of aliphatic hydroxyl groups is 1. The Morgan fingerprint density at radius 3 is 2.21 bits per heavy atom. The predicted molar refractivity (Wildman–Crippen MR) is 68.8 cm³/mol. The maximum atomic E-state index is 11.7. The normalized spacial score (nSPS) is 11.2. The van der Waals surface area contributed by atoms with Crippen molar-refractivity contribution in [3.8, 4) is 6.07 Å². The van der Waals surface area contributed by atoms with E-state index in [1.807, 2.05) is 0 Å². The smallest absolute Gasteiger partial charge is 0.267 e. The summed E-state index contributed by atoms with van der Waals surface area (Å²) >= 11 is 0. The van der Waals surface area contributed by atoms with Crippen molar-refractivity contribution in [3.05, 3.63) is 41.0 Å². The quantitative estimate of drug-likeness (QED) is 0.472. The van der Waals surface area contributed by atoms with Crippen LogP contribution in [0.5, 0.6) is 0 Å². The molecule has 0 aliphatic heterocycles. The van der Waals surface area contributed by atoms with Crippen molar-refractivity contribution in [1.29, 1.82) is 5.26 Å². The highest BCUT2D eigenvalue weighted by Gasteiger charge is 2.21. The van der Waals surface area contributed by atoms with E-state index < -0.39 is 23.1 Å². The predicted octanol–water partition coefficient (Wildman–Crippen LogP) is 0.666. The fourth-order valence-electron chi connectivity index (χ4n) is 1.46. The van der Waals surface area contributed by atoms with E-state index in [4.69, 9.17) is 11.0 Å². The summed E-state index contributed by atoms with van der Waals surface area (Å²) in [4.78, 5) is 24.1. The zero-order valence-electron chi connectivity index (χ0n) is 10.5. The lowest BCUT2D eigenvalue weighted by molar-refractivity contribution is -0.124. The number of nitrogens with zero attached hydrogens (tertiary/aromatic N) is 2. The van der Waals surface area contributed by atoms with Gasteiger partial charge >= 0.3 is 0 Å². The second kappa shape index (κ2) is 5.69. The Balaban J connectivity index is 3.48. The average Bonchev–Trinajstić information content (AvgIpc) is 2.39. The number of nitrogens with two attached hydrogens (primary N) is 1. The third-order valence-corrected chi connectivity index (χ3v) is 2.42. The van der Waals surface area contributed by atoms with E-state index >= 15 is 0 Å². The van der Waals surface area contributed by atoms with Gasteiger partial charge in [-0.15, -0.1) is 0 Å². The summed E-state index contributed by atoms with van der Waals surface area (Å²) in [5.41, 5.74) is 4.83. The van der Waals surface area contributed by atoms with Crippen molar-refractivity contribution >= 4 is 17.6 Å². The first-order valence-corrected chi connectivity index (χ1v) is 5.34. The highest BCUT2D eigenvalue weighted by Crippen LogP contribution is 2.20. The van der Waals surface area contributed by atoms with Gasteiger partial charge in [0.15, 0.2) is 5.57 Å². The molecular formula is C13H13N3O3. The summed E-state index contributed by atoms with van der Waals surface area (Å²) in [7, 11) is 2.90. The van der Waals surface area contributed by atoms with E-state index in [1.165, 1.54) is 26.2 Å². The molecule has 0 aromatic heterocycles. The molecule has 0 radical (unpaired) electrons. The largest absolute Gasteiger partial charge is 0.506 e. The van der Waals surface area contributed by atoms with Gasteiger partial charge < -0.3 is 15.7 Å². The van der Waals surface area contributed by atoms with Crippen LogP contribution in [-0.4, -0.2) is 35.9 Å². The number of primary amides is 1. The Kier molecular flexibility index (Phi) is 4.27. The number of carbonyl (C=O) groups excluding carboxylic acids is 2. The second-order valence-electron chi connectivity index (χ2n) is 3.94. The fraction of sp³-hybridized carbons (Fsp3) is 0.154. The molecule has 0 spiro atoms. The van der Waals surface area contributed by atoms with Crippen LogP contribution in [0, 0.1) is 11.3 Å². The standard InChI is InChI=1S/C13H13N3O3/c1-16(2)13(19)10(7-14)11(17)8-5-3-4-6-9(8)12(15)18/h3-6,17H,1-2H3,(H2,15,18)/b11-10-. The van der Waals surface area contributed by atoms with E-state index in [-0.39, 0.29) is 11.1 Å². The van der Waals surface area contributed by atoms with Gasteiger partial charge in [0.05, 0.1) is 5.56 Å². The third kappa shape index (κ3) is 2.90. The number of likely N-dealkylation sites (N-methyl/N-ethyl adjacent to an activating group) is 1. The lowest BCUT2D eigenvalue weighted by atomic mass is 10.0. The molecule has 0 unspecified atom stereocenters. The van der Waals surface area contributed by atoms with Crippen LogP contribution in [0.1, 0.15) is 15.9 Å². The number of benzene rings is 1. The molecule has 6 nitrogen and oxygen atoms in total. The van der Waals surface area contributed by atoms with Crippen molar-refractivity contribution in [2.45, 2.75) is 0 Å². The number of aliphatic hydroxyl groups excluding tert-OH is 1. The molecule has 0 bridgehead atoms. The Bertz CT molecular complexity index is 597. The number of carbonyl (C=O) groups is 2. The Labute approximate surface area is 110 Å².